The standard InChI is InChI=1S/C15H24N2.C13H26N2O3/c1-13(2)16-15-8-10-17(11-9-15)12-14-6-4-3-5-7-14;1-9(2)14-11-4-6-15(7-5-11)8-12(17)13(18)10(3)16/h3-7,13,15-16H,8-12H2,1-2H3;9,11-14,16-18H,3-8H2,1-2H3. The average Bonchev–Trinajstić information content (AvgIpc) is 2.81. The molecule has 0 spiro atoms. The Labute approximate surface area is 213 Å². The number of hydrogen-bond acceptors (Lipinski definition) is 7. The van der Waals surface area contributed by atoms with Crippen molar-refractivity contribution in [3.05, 3.63) is 48.2 Å². The molecule has 2 aliphatic rings. The van der Waals surface area contributed by atoms with Crippen LogP contribution in [0.5, 0.6) is 0 Å². The number of nitrogens with one attached hydrogen (secondary N) is 2. The van der Waals surface area contributed by atoms with Gasteiger partial charge in [-0.15, -0.1) is 0 Å². The van der Waals surface area contributed by atoms with Gasteiger partial charge in [-0.1, -0.05) is 64.6 Å². The van der Waals surface area contributed by atoms with Gasteiger partial charge in [0.1, 0.15) is 11.9 Å². The zero-order valence-corrected chi connectivity index (χ0v) is 22.4. The lowest BCUT2D eigenvalue weighted by Gasteiger charge is -2.35. The summed E-state index contributed by atoms with van der Waals surface area (Å²) in [5.74, 6) is -0.376. The van der Waals surface area contributed by atoms with E-state index >= 15 is 0 Å². The molecule has 0 aromatic heterocycles. The van der Waals surface area contributed by atoms with Crippen LogP contribution in [-0.2, 0) is 6.54 Å². The van der Waals surface area contributed by atoms with Crippen molar-refractivity contribution in [2.45, 2.75) is 96.3 Å². The van der Waals surface area contributed by atoms with Gasteiger partial charge in [-0.25, -0.2) is 0 Å². The molecule has 0 amide bonds. The highest BCUT2D eigenvalue weighted by molar-refractivity contribution is 5.14. The van der Waals surface area contributed by atoms with E-state index in [9.17, 15) is 10.2 Å². The lowest BCUT2D eigenvalue weighted by Crippen LogP contribution is -2.48. The maximum absolute atomic E-state index is 9.72. The molecule has 2 atom stereocenters. The highest BCUT2D eigenvalue weighted by atomic mass is 16.4. The van der Waals surface area contributed by atoms with Crippen LogP contribution in [0, 0.1) is 0 Å². The zero-order chi connectivity index (χ0) is 25.8. The van der Waals surface area contributed by atoms with Gasteiger partial charge in [-0.3, -0.25) is 4.90 Å². The van der Waals surface area contributed by atoms with Crippen molar-refractivity contribution in [3.8, 4) is 0 Å². The van der Waals surface area contributed by atoms with Crippen LogP contribution in [0.4, 0.5) is 0 Å². The minimum absolute atomic E-state index is 0.370. The predicted molar refractivity (Wildman–Crippen MR) is 145 cm³/mol. The van der Waals surface area contributed by atoms with E-state index in [1.165, 1.54) is 31.5 Å². The molecule has 2 unspecified atom stereocenters. The fraction of sp³-hybridized carbons (Fsp3) is 0.714. The van der Waals surface area contributed by atoms with E-state index in [0.717, 1.165) is 38.5 Å². The SMILES string of the molecule is C=C(O)C(O)C(O)CN1CCC(NC(C)C)CC1.CC(C)NC1CCN(Cc2ccccc2)CC1. The summed E-state index contributed by atoms with van der Waals surface area (Å²) in [7, 11) is 0. The van der Waals surface area contributed by atoms with Crippen molar-refractivity contribution < 1.29 is 15.3 Å². The Kier molecular flexibility index (Phi) is 13.3. The molecular weight excluding hydrogens is 440 g/mol. The first-order valence-corrected chi connectivity index (χ1v) is 13.4. The van der Waals surface area contributed by atoms with Gasteiger partial charge in [0.15, 0.2) is 0 Å². The molecule has 5 N–H and O–H groups in total. The summed E-state index contributed by atoms with van der Waals surface area (Å²) in [5, 5.41) is 35.4. The zero-order valence-electron chi connectivity index (χ0n) is 22.4. The number of β-amino-alcohol motifs (C(OH)–C–C–N with tert-alkyl or cyclic N) is 1. The molecule has 7 heteroatoms. The summed E-state index contributed by atoms with van der Waals surface area (Å²) in [6.45, 7) is 17.7. The van der Waals surface area contributed by atoms with Crippen molar-refractivity contribution in [1.29, 1.82) is 0 Å². The van der Waals surface area contributed by atoms with Crippen molar-refractivity contribution in [2.24, 2.45) is 0 Å². The average molecular weight is 491 g/mol. The largest absolute Gasteiger partial charge is 0.510 e. The third kappa shape index (κ3) is 11.9. The molecule has 0 aliphatic carbocycles. The quantitative estimate of drug-likeness (QED) is 0.322. The van der Waals surface area contributed by atoms with Crippen LogP contribution in [0.25, 0.3) is 0 Å². The first-order chi connectivity index (χ1) is 16.6. The highest BCUT2D eigenvalue weighted by Crippen LogP contribution is 2.15. The van der Waals surface area contributed by atoms with E-state index in [4.69, 9.17) is 5.11 Å². The van der Waals surface area contributed by atoms with Gasteiger partial charge < -0.3 is 30.9 Å². The van der Waals surface area contributed by atoms with Crippen molar-refractivity contribution in [3.63, 3.8) is 0 Å². The number of aliphatic hydroxyl groups excluding tert-OH is 3. The van der Waals surface area contributed by atoms with E-state index in [2.05, 4.69) is 85.0 Å². The van der Waals surface area contributed by atoms with Gasteiger partial charge in [0.25, 0.3) is 0 Å². The Balaban J connectivity index is 0.000000247. The van der Waals surface area contributed by atoms with E-state index in [0.29, 0.717) is 24.7 Å². The van der Waals surface area contributed by atoms with Crippen LogP contribution in [0.1, 0.15) is 58.9 Å². The summed E-state index contributed by atoms with van der Waals surface area (Å²) in [5.41, 5.74) is 1.43. The minimum Gasteiger partial charge on any atom is -0.510 e. The van der Waals surface area contributed by atoms with Crippen LogP contribution in [0.15, 0.2) is 42.7 Å². The first-order valence-electron chi connectivity index (χ1n) is 13.4. The normalized spacial score (nSPS) is 20.5. The second-order valence-electron chi connectivity index (χ2n) is 10.8. The Hall–Kier alpha value is -1.48. The van der Waals surface area contributed by atoms with Gasteiger partial charge in [-0.05, 0) is 57.4 Å². The Morgan fingerprint density at radius 2 is 1.31 bits per heavy atom. The molecule has 3 rings (SSSR count). The second-order valence-corrected chi connectivity index (χ2v) is 10.8. The summed E-state index contributed by atoms with van der Waals surface area (Å²) < 4.78 is 0. The molecule has 2 fully saturated rings. The third-order valence-corrected chi connectivity index (χ3v) is 6.71. The van der Waals surface area contributed by atoms with Crippen LogP contribution in [-0.4, -0.2) is 94.2 Å². The fourth-order valence-electron chi connectivity index (χ4n) is 4.91. The Morgan fingerprint density at radius 1 is 0.857 bits per heavy atom. The van der Waals surface area contributed by atoms with Crippen molar-refractivity contribution >= 4 is 0 Å². The Morgan fingerprint density at radius 3 is 1.74 bits per heavy atom. The number of aliphatic hydroxyl groups is 3. The molecule has 2 saturated heterocycles. The van der Waals surface area contributed by atoms with Crippen LogP contribution >= 0.6 is 0 Å². The smallest absolute Gasteiger partial charge is 0.137 e. The van der Waals surface area contributed by atoms with E-state index in [1.807, 2.05) is 0 Å². The molecule has 35 heavy (non-hydrogen) atoms. The number of hydrogen-bond donors (Lipinski definition) is 5. The predicted octanol–water partition coefficient (Wildman–Crippen LogP) is 2.89. The Bertz CT molecular complexity index is 699. The lowest BCUT2D eigenvalue weighted by molar-refractivity contribution is -0.00631. The number of rotatable bonds is 10. The van der Waals surface area contributed by atoms with Gasteiger partial charge in [0.05, 0.1) is 6.10 Å². The molecule has 1 aromatic carbocycles. The van der Waals surface area contributed by atoms with E-state index in [1.54, 1.807) is 0 Å². The molecular formula is C28H50N4O3. The van der Waals surface area contributed by atoms with E-state index in [-0.39, 0.29) is 5.76 Å². The molecule has 2 heterocycles. The topological polar surface area (TPSA) is 91.2 Å². The second kappa shape index (κ2) is 15.6. The lowest BCUT2D eigenvalue weighted by atomic mass is 10.0. The summed E-state index contributed by atoms with van der Waals surface area (Å²) >= 11 is 0. The number of benzene rings is 1. The fourth-order valence-corrected chi connectivity index (χ4v) is 4.91. The number of piperidine rings is 2. The molecule has 7 nitrogen and oxygen atoms in total. The third-order valence-electron chi connectivity index (χ3n) is 6.71. The van der Waals surface area contributed by atoms with Gasteiger partial charge in [-0.2, -0.15) is 0 Å². The van der Waals surface area contributed by atoms with Crippen LogP contribution in [0.2, 0.25) is 0 Å². The monoisotopic (exact) mass is 490 g/mol. The number of likely N-dealkylation sites (tertiary alicyclic amines) is 2. The van der Waals surface area contributed by atoms with Crippen molar-refractivity contribution in [1.82, 2.24) is 20.4 Å². The summed E-state index contributed by atoms with van der Waals surface area (Å²) in [6.07, 6.45) is 2.42. The van der Waals surface area contributed by atoms with Crippen LogP contribution in [0.3, 0.4) is 0 Å². The summed E-state index contributed by atoms with van der Waals surface area (Å²) in [6, 6.07) is 13.1. The maximum atomic E-state index is 9.72. The molecule has 0 bridgehead atoms. The molecule has 1 aromatic rings. The summed E-state index contributed by atoms with van der Waals surface area (Å²) in [4.78, 5) is 4.67. The van der Waals surface area contributed by atoms with Gasteiger partial charge in [0, 0.05) is 37.3 Å². The van der Waals surface area contributed by atoms with Gasteiger partial charge >= 0.3 is 0 Å². The molecule has 2 aliphatic heterocycles. The van der Waals surface area contributed by atoms with E-state index < -0.39 is 12.2 Å². The number of nitrogens with zero attached hydrogens (tertiary/aromatic N) is 2. The highest BCUT2D eigenvalue weighted by Gasteiger charge is 2.25. The van der Waals surface area contributed by atoms with Gasteiger partial charge in [0.2, 0.25) is 0 Å². The first kappa shape index (κ1) is 29.7. The minimum atomic E-state index is -1.25. The van der Waals surface area contributed by atoms with Crippen LogP contribution < -0.4 is 10.6 Å². The molecule has 200 valence electrons. The maximum Gasteiger partial charge on any atom is 0.137 e. The molecule has 0 saturated carbocycles. The molecule has 0 radical (unpaired) electrons. The van der Waals surface area contributed by atoms with Crippen molar-refractivity contribution in [2.75, 3.05) is 32.7 Å².